The van der Waals surface area contributed by atoms with Crippen LogP contribution in [0.4, 0.5) is 11.4 Å². The van der Waals surface area contributed by atoms with E-state index in [0.29, 0.717) is 23.6 Å². The minimum Gasteiger partial charge on any atom is -0.344 e. The third-order valence-electron chi connectivity index (χ3n) is 6.08. The van der Waals surface area contributed by atoms with Gasteiger partial charge < -0.3 is 10.2 Å². The van der Waals surface area contributed by atoms with Gasteiger partial charge in [-0.1, -0.05) is 49.2 Å². The molecule has 0 saturated carbocycles. The van der Waals surface area contributed by atoms with E-state index in [9.17, 15) is 14.9 Å². The lowest BCUT2D eigenvalue weighted by Gasteiger charge is -2.49. The van der Waals surface area contributed by atoms with Gasteiger partial charge in [0.2, 0.25) is 5.91 Å². The molecule has 1 fully saturated rings. The third-order valence-corrected chi connectivity index (χ3v) is 6.43. The van der Waals surface area contributed by atoms with Crippen LogP contribution in [0, 0.1) is 17.0 Å². The first-order valence-electron chi connectivity index (χ1n) is 9.49. The number of nitro groups is 1. The molecule has 2 aromatic carbocycles. The Kier molecular flexibility index (Phi) is 4.42. The molecule has 4 rings (SSSR count). The second kappa shape index (κ2) is 6.59. The van der Waals surface area contributed by atoms with Gasteiger partial charge in [-0.15, -0.1) is 0 Å². The Hall–Kier alpha value is -2.86. The molecule has 2 aliphatic heterocycles. The SMILES string of the molecule is Cc1ccc2c(c1)C(C)(C)[C@@]1(/C=C/c3cc([N+](=O)[O-])ccc3Cl)NC(=O)CCN21. The molecule has 0 bridgehead atoms. The van der Waals surface area contributed by atoms with Gasteiger partial charge in [-0.05, 0) is 36.3 Å². The predicted octanol–water partition coefficient (Wildman–Crippen LogP) is 4.58. The van der Waals surface area contributed by atoms with E-state index in [1.807, 2.05) is 6.08 Å². The molecule has 0 aliphatic carbocycles. The maximum Gasteiger partial charge on any atom is 0.270 e. The molecular formula is C22H22ClN3O3. The largest absolute Gasteiger partial charge is 0.344 e. The molecule has 1 amide bonds. The molecule has 1 N–H and O–H groups in total. The van der Waals surface area contributed by atoms with Crippen LogP contribution >= 0.6 is 11.6 Å². The number of benzene rings is 2. The number of non-ortho nitro benzene ring substituents is 1. The number of nitro benzene ring substituents is 1. The Bertz CT molecular complexity index is 1060. The van der Waals surface area contributed by atoms with Crippen molar-refractivity contribution in [2.75, 3.05) is 11.4 Å². The van der Waals surface area contributed by atoms with Gasteiger partial charge in [0.1, 0.15) is 5.66 Å². The number of halogens is 1. The van der Waals surface area contributed by atoms with E-state index in [-0.39, 0.29) is 11.6 Å². The van der Waals surface area contributed by atoms with Gasteiger partial charge in [-0.25, -0.2) is 0 Å². The summed E-state index contributed by atoms with van der Waals surface area (Å²) < 4.78 is 0. The number of nitrogens with one attached hydrogen (secondary N) is 1. The second-order valence-electron chi connectivity index (χ2n) is 8.16. The fraction of sp³-hybridized carbons (Fsp3) is 0.318. The lowest BCUT2D eigenvalue weighted by atomic mass is 9.74. The third kappa shape index (κ3) is 2.90. The zero-order valence-corrected chi connectivity index (χ0v) is 17.3. The minimum absolute atomic E-state index is 0.0198. The van der Waals surface area contributed by atoms with E-state index >= 15 is 0 Å². The summed E-state index contributed by atoms with van der Waals surface area (Å²) in [7, 11) is 0. The number of aryl methyl sites for hydroxylation is 1. The summed E-state index contributed by atoms with van der Waals surface area (Å²) >= 11 is 6.29. The number of rotatable bonds is 3. The lowest BCUT2D eigenvalue weighted by molar-refractivity contribution is -0.384. The molecule has 29 heavy (non-hydrogen) atoms. The monoisotopic (exact) mass is 411 g/mol. The number of anilines is 1. The summed E-state index contributed by atoms with van der Waals surface area (Å²) in [4.78, 5) is 25.4. The van der Waals surface area contributed by atoms with Gasteiger partial charge in [0.25, 0.3) is 5.69 Å². The highest BCUT2D eigenvalue weighted by atomic mass is 35.5. The zero-order chi connectivity index (χ0) is 21.0. The van der Waals surface area contributed by atoms with Crippen molar-refractivity contribution in [1.29, 1.82) is 0 Å². The van der Waals surface area contributed by atoms with Gasteiger partial charge in [-0.3, -0.25) is 14.9 Å². The summed E-state index contributed by atoms with van der Waals surface area (Å²) in [6, 6.07) is 10.7. The van der Waals surface area contributed by atoms with Crippen LogP contribution in [-0.4, -0.2) is 23.0 Å². The van der Waals surface area contributed by atoms with Crippen LogP contribution < -0.4 is 10.2 Å². The number of nitrogens with zero attached hydrogens (tertiary/aromatic N) is 2. The zero-order valence-electron chi connectivity index (χ0n) is 16.5. The normalized spacial score (nSPS) is 22.3. The van der Waals surface area contributed by atoms with Crippen LogP contribution in [0.1, 0.15) is 37.0 Å². The quantitative estimate of drug-likeness (QED) is 0.592. The number of hydrogen-bond acceptors (Lipinski definition) is 4. The molecular weight excluding hydrogens is 390 g/mol. The van der Waals surface area contributed by atoms with E-state index in [1.165, 1.54) is 18.2 Å². The average Bonchev–Trinajstić information content (AvgIpc) is 2.85. The van der Waals surface area contributed by atoms with Gasteiger partial charge >= 0.3 is 0 Å². The average molecular weight is 412 g/mol. The van der Waals surface area contributed by atoms with Crippen molar-refractivity contribution in [3.63, 3.8) is 0 Å². The number of carbonyl (C=O) groups excluding carboxylic acids is 1. The van der Waals surface area contributed by atoms with Crippen molar-refractivity contribution in [2.24, 2.45) is 0 Å². The Balaban J connectivity index is 1.86. The van der Waals surface area contributed by atoms with Gasteiger partial charge in [-0.2, -0.15) is 0 Å². The van der Waals surface area contributed by atoms with Crippen molar-refractivity contribution >= 4 is 35.0 Å². The maximum atomic E-state index is 12.5. The summed E-state index contributed by atoms with van der Waals surface area (Å²) in [5.74, 6) is -0.0198. The van der Waals surface area contributed by atoms with Crippen molar-refractivity contribution in [3.8, 4) is 0 Å². The van der Waals surface area contributed by atoms with Crippen LogP contribution in [0.15, 0.2) is 42.5 Å². The van der Waals surface area contributed by atoms with Crippen LogP contribution in [0.2, 0.25) is 5.02 Å². The van der Waals surface area contributed by atoms with Crippen molar-refractivity contribution in [2.45, 2.75) is 38.3 Å². The molecule has 0 spiro atoms. The topological polar surface area (TPSA) is 75.5 Å². The molecule has 1 saturated heterocycles. The molecule has 0 aromatic heterocycles. The molecule has 1 atom stereocenters. The summed E-state index contributed by atoms with van der Waals surface area (Å²) in [6.45, 7) is 6.86. The minimum atomic E-state index is -0.785. The van der Waals surface area contributed by atoms with Crippen molar-refractivity contribution in [3.05, 3.63) is 74.3 Å². The Morgan fingerprint density at radius 2 is 2.00 bits per heavy atom. The van der Waals surface area contributed by atoms with E-state index < -0.39 is 16.0 Å². The van der Waals surface area contributed by atoms with Gasteiger partial charge in [0, 0.05) is 41.2 Å². The van der Waals surface area contributed by atoms with Crippen LogP contribution in [0.3, 0.4) is 0 Å². The van der Waals surface area contributed by atoms with E-state index in [0.717, 1.165) is 16.8 Å². The van der Waals surface area contributed by atoms with E-state index in [1.54, 1.807) is 6.08 Å². The first-order chi connectivity index (χ1) is 13.7. The fourth-order valence-corrected chi connectivity index (χ4v) is 4.63. The van der Waals surface area contributed by atoms with Crippen LogP contribution in [0.5, 0.6) is 0 Å². The molecule has 7 heteroatoms. The Labute approximate surface area is 174 Å². The van der Waals surface area contributed by atoms with Crippen molar-refractivity contribution < 1.29 is 9.72 Å². The van der Waals surface area contributed by atoms with Crippen molar-refractivity contribution in [1.82, 2.24) is 5.32 Å². The predicted molar refractivity (Wildman–Crippen MR) is 114 cm³/mol. The smallest absolute Gasteiger partial charge is 0.270 e. The van der Waals surface area contributed by atoms with Crippen LogP contribution in [0.25, 0.3) is 6.08 Å². The highest BCUT2D eigenvalue weighted by Crippen LogP contribution is 2.52. The first kappa shape index (κ1) is 19.5. The highest BCUT2D eigenvalue weighted by molar-refractivity contribution is 6.32. The summed E-state index contributed by atoms with van der Waals surface area (Å²) in [6.07, 6.45) is 4.11. The maximum absolute atomic E-state index is 12.5. The Morgan fingerprint density at radius 3 is 2.72 bits per heavy atom. The summed E-state index contributed by atoms with van der Waals surface area (Å²) in [5, 5.41) is 14.8. The molecule has 0 unspecified atom stereocenters. The van der Waals surface area contributed by atoms with E-state index in [4.69, 9.17) is 11.6 Å². The lowest BCUT2D eigenvalue weighted by Crippen LogP contribution is -2.68. The van der Waals surface area contributed by atoms with Gasteiger partial charge in [0.05, 0.1) is 4.92 Å². The fourth-order valence-electron chi connectivity index (χ4n) is 4.45. The molecule has 150 valence electrons. The number of fused-ring (bicyclic) bond motifs is 3. The molecule has 6 nitrogen and oxygen atoms in total. The number of hydrogen-bond donors (Lipinski definition) is 1. The second-order valence-corrected chi connectivity index (χ2v) is 8.57. The molecule has 0 radical (unpaired) electrons. The summed E-state index contributed by atoms with van der Waals surface area (Å²) in [5.41, 5.74) is 2.72. The number of amides is 1. The molecule has 2 aliphatic rings. The van der Waals surface area contributed by atoms with E-state index in [2.05, 4.69) is 49.2 Å². The van der Waals surface area contributed by atoms with Gasteiger partial charge in [0.15, 0.2) is 0 Å². The standard InChI is InChI=1S/C22H22ClN3O3/c1-14-4-7-19-17(12-14)21(2,3)22(24-20(27)9-11-25(19)22)10-8-15-13-16(26(28)29)5-6-18(15)23/h4-8,10,12-13H,9,11H2,1-3H3,(H,24,27)/b10-8+/t22-/m0/s1. The number of carbonyl (C=O) groups is 1. The Morgan fingerprint density at radius 1 is 1.24 bits per heavy atom. The molecule has 2 aromatic rings. The molecule has 2 heterocycles. The highest BCUT2D eigenvalue weighted by Gasteiger charge is 2.57. The first-order valence-corrected chi connectivity index (χ1v) is 9.86. The van der Waals surface area contributed by atoms with Crippen LogP contribution in [-0.2, 0) is 10.2 Å².